The van der Waals surface area contributed by atoms with Gasteiger partial charge in [0.1, 0.15) is 11.9 Å². The van der Waals surface area contributed by atoms with Crippen LogP contribution in [0.25, 0.3) is 10.9 Å². The predicted octanol–water partition coefficient (Wildman–Crippen LogP) is 2.55. The highest BCUT2D eigenvalue weighted by molar-refractivity contribution is 7.98. The van der Waals surface area contributed by atoms with Crippen molar-refractivity contribution in [1.82, 2.24) is 15.2 Å². The standard InChI is InChI=1S/C16H16FN3O2S/c1-23-6-4-13-15(21)20(16(22)19-13)9-11-8-12(17)7-10-3-2-5-18-14(10)11/h2-3,5,7-8,13H,4,6,9H2,1H3,(H,19,22)/t13-/m0/s1. The molecule has 0 saturated carbocycles. The number of hydrogen-bond donors (Lipinski definition) is 1. The number of carbonyl (C=O) groups excluding carboxylic acids is 2. The summed E-state index contributed by atoms with van der Waals surface area (Å²) in [5.74, 6) is 0.110. The lowest BCUT2D eigenvalue weighted by atomic mass is 10.1. The Bertz CT molecular complexity index is 768. The lowest BCUT2D eigenvalue weighted by molar-refractivity contribution is -0.127. The summed E-state index contributed by atoms with van der Waals surface area (Å²) in [6.07, 6.45) is 4.14. The van der Waals surface area contributed by atoms with E-state index in [4.69, 9.17) is 0 Å². The van der Waals surface area contributed by atoms with E-state index < -0.39 is 17.9 Å². The number of aromatic nitrogens is 1. The highest BCUT2D eigenvalue weighted by Gasteiger charge is 2.37. The van der Waals surface area contributed by atoms with Crippen molar-refractivity contribution in [1.29, 1.82) is 0 Å². The van der Waals surface area contributed by atoms with Gasteiger partial charge in [0.15, 0.2) is 0 Å². The topological polar surface area (TPSA) is 62.3 Å². The molecule has 0 bridgehead atoms. The first-order valence-corrected chi connectivity index (χ1v) is 8.63. The highest BCUT2D eigenvalue weighted by Crippen LogP contribution is 2.22. The van der Waals surface area contributed by atoms with Crippen LogP contribution in [0.3, 0.4) is 0 Å². The smallest absolute Gasteiger partial charge is 0.325 e. The maximum Gasteiger partial charge on any atom is 0.325 e. The van der Waals surface area contributed by atoms with Gasteiger partial charge in [0.2, 0.25) is 0 Å². The molecule has 5 nitrogen and oxygen atoms in total. The summed E-state index contributed by atoms with van der Waals surface area (Å²) in [7, 11) is 0. The molecule has 1 aromatic carbocycles. The van der Waals surface area contributed by atoms with Crippen LogP contribution in [-0.4, -0.2) is 39.9 Å². The number of rotatable bonds is 5. The molecule has 1 fully saturated rings. The number of thioether (sulfide) groups is 1. The van der Waals surface area contributed by atoms with Gasteiger partial charge in [-0.2, -0.15) is 11.8 Å². The maximum atomic E-state index is 13.8. The number of halogens is 1. The summed E-state index contributed by atoms with van der Waals surface area (Å²) >= 11 is 1.62. The van der Waals surface area contributed by atoms with Crippen molar-refractivity contribution in [2.75, 3.05) is 12.0 Å². The van der Waals surface area contributed by atoms with Crippen molar-refractivity contribution in [2.45, 2.75) is 19.0 Å². The third-order valence-corrected chi connectivity index (χ3v) is 4.44. The van der Waals surface area contributed by atoms with Gasteiger partial charge in [-0.3, -0.25) is 14.7 Å². The fourth-order valence-corrected chi connectivity index (χ4v) is 3.15. The molecule has 3 amide bonds. The molecular formula is C16H16FN3O2S. The van der Waals surface area contributed by atoms with Crippen LogP contribution in [0.1, 0.15) is 12.0 Å². The minimum Gasteiger partial charge on any atom is -0.326 e. The normalized spacial score (nSPS) is 17.8. The molecule has 1 aliphatic rings. The molecule has 1 aromatic heterocycles. The minimum atomic E-state index is -0.497. The van der Waals surface area contributed by atoms with E-state index in [9.17, 15) is 14.0 Å². The molecule has 23 heavy (non-hydrogen) atoms. The molecule has 3 rings (SSSR count). The monoisotopic (exact) mass is 333 g/mol. The fraction of sp³-hybridized carbons (Fsp3) is 0.312. The Labute approximate surface area is 137 Å². The Balaban J connectivity index is 1.87. The second kappa shape index (κ2) is 6.54. The Morgan fingerprint density at radius 2 is 2.22 bits per heavy atom. The average molecular weight is 333 g/mol. The van der Waals surface area contributed by atoms with E-state index >= 15 is 0 Å². The van der Waals surface area contributed by atoms with Gasteiger partial charge in [0.05, 0.1) is 12.1 Å². The van der Waals surface area contributed by atoms with Crippen LogP contribution in [0, 0.1) is 5.82 Å². The van der Waals surface area contributed by atoms with E-state index in [0.717, 1.165) is 10.7 Å². The van der Waals surface area contributed by atoms with Crippen LogP contribution in [0.2, 0.25) is 0 Å². The van der Waals surface area contributed by atoms with E-state index in [1.807, 2.05) is 6.26 Å². The average Bonchev–Trinajstić information content (AvgIpc) is 2.80. The second-order valence-corrected chi connectivity index (χ2v) is 6.33. The van der Waals surface area contributed by atoms with Crippen LogP contribution in [-0.2, 0) is 11.3 Å². The molecule has 0 unspecified atom stereocenters. The van der Waals surface area contributed by atoms with Gasteiger partial charge in [-0.25, -0.2) is 9.18 Å². The molecule has 1 aliphatic heterocycles. The predicted molar refractivity (Wildman–Crippen MR) is 87.6 cm³/mol. The van der Waals surface area contributed by atoms with E-state index in [-0.39, 0.29) is 12.5 Å². The van der Waals surface area contributed by atoms with Crippen molar-refractivity contribution >= 4 is 34.6 Å². The summed E-state index contributed by atoms with van der Waals surface area (Å²) in [6, 6.07) is 5.25. The molecule has 1 atom stereocenters. The zero-order valence-electron chi connectivity index (χ0n) is 12.6. The molecular weight excluding hydrogens is 317 g/mol. The van der Waals surface area contributed by atoms with Crippen molar-refractivity contribution < 1.29 is 14.0 Å². The number of pyridine rings is 1. The first kappa shape index (κ1) is 15.7. The summed E-state index contributed by atoms with van der Waals surface area (Å²) < 4.78 is 13.8. The van der Waals surface area contributed by atoms with Crippen molar-refractivity contribution in [3.8, 4) is 0 Å². The zero-order valence-corrected chi connectivity index (χ0v) is 13.4. The second-order valence-electron chi connectivity index (χ2n) is 5.35. The van der Waals surface area contributed by atoms with Gasteiger partial charge in [-0.05, 0) is 36.6 Å². The highest BCUT2D eigenvalue weighted by atomic mass is 32.2. The van der Waals surface area contributed by atoms with E-state index in [2.05, 4.69) is 10.3 Å². The van der Waals surface area contributed by atoms with Crippen LogP contribution in [0.4, 0.5) is 9.18 Å². The van der Waals surface area contributed by atoms with Gasteiger partial charge in [0.25, 0.3) is 5.91 Å². The third-order valence-electron chi connectivity index (χ3n) is 3.79. The number of nitrogens with zero attached hydrogens (tertiary/aromatic N) is 2. The van der Waals surface area contributed by atoms with Crippen molar-refractivity contribution in [3.63, 3.8) is 0 Å². The molecule has 0 spiro atoms. The van der Waals surface area contributed by atoms with Crippen LogP contribution >= 0.6 is 11.8 Å². The van der Waals surface area contributed by atoms with Crippen LogP contribution in [0.5, 0.6) is 0 Å². The van der Waals surface area contributed by atoms with Gasteiger partial charge in [-0.1, -0.05) is 6.07 Å². The number of nitrogens with one attached hydrogen (secondary N) is 1. The molecule has 2 heterocycles. The van der Waals surface area contributed by atoms with Gasteiger partial charge < -0.3 is 5.32 Å². The summed E-state index contributed by atoms with van der Waals surface area (Å²) in [4.78, 5) is 29.8. The molecule has 1 N–H and O–H groups in total. The fourth-order valence-electron chi connectivity index (χ4n) is 2.68. The molecule has 2 aromatic rings. The number of carbonyl (C=O) groups is 2. The SMILES string of the molecule is CSCC[C@@H]1NC(=O)N(Cc2cc(F)cc3cccnc23)C1=O. The largest absolute Gasteiger partial charge is 0.326 e. The van der Waals surface area contributed by atoms with E-state index in [1.54, 1.807) is 30.1 Å². The molecule has 0 aliphatic carbocycles. The first-order chi connectivity index (χ1) is 11.1. The molecule has 0 radical (unpaired) electrons. The molecule has 1 saturated heterocycles. The maximum absolute atomic E-state index is 13.8. The first-order valence-electron chi connectivity index (χ1n) is 7.24. The lowest BCUT2D eigenvalue weighted by Crippen LogP contribution is -2.31. The zero-order chi connectivity index (χ0) is 16.4. The lowest BCUT2D eigenvalue weighted by Gasteiger charge is -2.14. The number of fused-ring (bicyclic) bond motifs is 1. The summed E-state index contributed by atoms with van der Waals surface area (Å²) in [5.41, 5.74) is 1.12. The van der Waals surface area contributed by atoms with Gasteiger partial charge >= 0.3 is 6.03 Å². The Morgan fingerprint density at radius 1 is 1.39 bits per heavy atom. The van der Waals surface area contributed by atoms with Gasteiger partial charge in [-0.15, -0.1) is 0 Å². The quantitative estimate of drug-likeness (QED) is 0.854. The van der Waals surface area contributed by atoms with Crippen LogP contribution in [0.15, 0.2) is 30.5 Å². The Hall–Kier alpha value is -2.15. The van der Waals surface area contributed by atoms with Crippen LogP contribution < -0.4 is 5.32 Å². The Morgan fingerprint density at radius 3 is 3.00 bits per heavy atom. The van der Waals surface area contributed by atoms with E-state index in [1.165, 1.54) is 12.1 Å². The third kappa shape index (κ3) is 3.14. The molecule has 7 heteroatoms. The van der Waals surface area contributed by atoms with Crippen molar-refractivity contribution in [2.24, 2.45) is 0 Å². The summed E-state index contributed by atoms with van der Waals surface area (Å²) in [5, 5.41) is 3.33. The minimum absolute atomic E-state index is 0.0196. The number of urea groups is 1. The Kier molecular flexibility index (Phi) is 4.47. The van der Waals surface area contributed by atoms with Crippen molar-refractivity contribution in [3.05, 3.63) is 41.8 Å². The van der Waals surface area contributed by atoms with Gasteiger partial charge in [0, 0.05) is 17.1 Å². The number of hydrogen-bond acceptors (Lipinski definition) is 4. The van der Waals surface area contributed by atoms with E-state index in [0.29, 0.717) is 22.9 Å². The number of amides is 3. The summed E-state index contributed by atoms with van der Waals surface area (Å²) in [6.45, 7) is 0.0196. The number of benzene rings is 1. The number of imide groups is 1. The molecule has 120 valence electrons.